The molecule has 16 heavy (non-hydrogen) atoms. The molecule has 0 spiro atoms. The van der Waals surface area contributed by atoms with Crippen LogP contribution in [0.5, 0.6) is 0 Å². The van der Waals surface area contributed by atoms with E-state index in [1.165, 1.54) is 6.07 Å². The molecular weight excluding hydrogens is 257 g/mol. The van der Waals surface area contributed by atoms with E-state index < -0.39 is 18.2 Å². The second-order valence-electron chi connectivity index (χ2n) is 3.07. The van der Waals surface area contributed by atoms with Crippen LogP contribution < -0.4 is 0 Å². The minimum absolute atomic E-state index is 0.106. The molecule has 0 saturated heterocycles. The van der Waals surface area contributed by atoms with Gasteiger partial charge in [-0.1, -0.05) is 11.6 Å². The molecule has 0 radical (unpaired) electrons. The maximum Gasteiger partial charge on any atom is 0.356 e. The Kier molecular flexibility index (Phi) is 4.49. The monoisotopic (exact) mass is 265 g/mol. The van der Waals surface area contributed by atoms with Crippen LogP contribution in [0, 0.1) is 0 Å². The second-order valence-corrected chi connectivity index (χ2v) is 3.79. The minimum atomic E-state index is -1.26. The molecule has 7 heteroatoms. The van der Waals surface area contributed by atoms with Crippen molar-refractivity contribution >= 4 is 29.2 Å². The summed E-state index contributed by atoms with van der Waals surface area (Å²) in [5.41, 5.74) is -0.0962. The maximum absolute atomic E-state index is 10.6. The predicted molar refractivity (Wildman–Crippen MR) is 57.9 cm³/mol. The zero-order valence-electron chi connectivity index (χ0n) is 7.97. The lowest BCUT2D eigenvalue weighted by Crippen LogP contribution is -2.20. The normalized spacial score (nSPS) is 14.5. The van der Waals surface area contributed by atoms with Gasteiger partial charge in [0.15, 0.2) is 5.69 Å². The Bertz CT molecular complexity index is 399. The summed E-state index contributed by atoms with van der Waals surface area (Å²) in [7, 11) is 0. The van der Waals surface area contributed by atoms with Gasteiger partial charge in [-0.2, -0.15) is 0 Å². The molecule has 0 amide bonds. The van der Waals surface area contributed by atoms with Crippen LogP contribution in [0.15, 0.2) is 12.3 Å². The molecule has 0 bridgehead atoms. The Morgan fingerprint density at radius 3 is 2.56 bits per heavy atom. The van der Waals surface area contributed by atoms with Crippen molar-refractivity contribution in [1.29, 1.82) is 0 Å². The van der Waals surface area contributed by atoms with E-state index in [4.69, 9.17) is 28.3 Å². The highest BCUT2D eigenvalue weighted by atomic mass is 35.5. The van der Waals surface area contributed by atoms with Crippen LogP contribution in [0.3, 0.4) is 0 Å². The Balaban J connectivity index is 3.01. The van der Waals surface area contributed by atoms with E-state index in [2.05, 4.69) is 4.98 Å². The number of aliphatic hydroxyl groups excluding tert-OH is 2. The molecule has 3 N–H and O–H groups in total. The standard InChI is InChI=1S/C9H9Cl2NO4/c10-2-6(13)8(14)4-1-5(11)7(9(15)16)12-3-4/h1,3,6,8,13-14H,2H2,(H,15,16). The number of pyridine rings is 1. The van der Waals surface area contributed by atoms with Gasteiger partial charge in [0.1, 0.15) is 6.10 Å². The third-order valence-corrected chi connectivity index (χ3v) is 2.53. The largest absolute Gasteiger partial charge is 0.476 e. The van der Waals surface area contributed by atoms with Crippen molar-refractivity contribution in [1.82, 2.24) is 4.98 Å². The average Bonchev–Trinajstić information content (AvgIpc) is 2.26. The molecule has 0 aromatic carbocycles. The molecule has 5 nitrogen and oxygen atoms in total. The summed E-state index contributed by atoms with van der Waals surface area (Å²) in [6.45, 7) is 0. The molecule has 2 unspecified atom stereocenters. The third kappa shape index (κ3) is 2.82. The zero-order chi connectivity index (χ0) is 12.3. The van der Waals surface area contributed by atoms with Gasteiger partial charge in [0.25, 0.3) is 0 Å². The fraction of sp³-hybridized carbons (Fsp3) is 0.333. The highest BCUT2D eigenvalue weighted by Gasteiger charge is 2.20. The SMILES string of the molecule is O=C(O)c1ncc(C(O)C(O)CCl)cc1Cl. The molecule has 88 valence electrons. The van der Waals surface area contributed by atoms with E-state index in [0.717, 1.165) is 6.20 Å². The molecular formula is C9H9Cl2NO4. The lowest BCUT2D eigenvalue weighted by molar-refractivity contribution is 0.0324. The first-order chi connectivity index (χ1) is 7.47. The molecule has 1 aromatic rings. The van der Waals surface area contributed by atoms with Crippen LogP contribution >= 0.6 is 23.2 Å². The molecule has 0 aliphatic carbocycles. The van der Waals surface area contributed by atoms with Gasteiger partial charge >= 0.3 is 5.97 Å². The van der Waals surface area contributed by atoms with Gasteiger partial charge in [-0.3, -0.25) is 0 Å². The van der Waals surface area contributed by atoms with Crippen LogP contribution in [-0.4, -0.2) is 38.3 Å². The van der Waals surface area contributed by atoms with Crippen LogP contribution in [0.1, 0.15) is 22.2 Å². The number of halogens is 2. The van der Waals surface area contributed by atoms with Crippen molar-refractivity contribution in [2.75, 3.05) is 5.88 Å². The summed E-state index contributed by atoms with van der Waals surface area (Å²) in [6, 6.07) is 1.23. The Labute approximate surface area is 101 Å². The summed E-state index contributed by atoms with van der Waals surface area (Å²) in [5.74, 6) is -1.41. The summed E-state index contributed by atoms with van der Waals surface area (Å²) in [4.78, 5) is 14.2. The Hall–Kier alpha value is -0.880. The first kappa shape index (κ1) is 13.2. The van der Waals surface area contributed by atoms with E-state index in [9.17, 15) is 15.0 Å². The Morgan fingerprint density at radius 1 is 1.50 bits per heavy atom. The van der Waals surface area contributed by atoms with Gasteiger partial charge in [-0.25, -0.2) is 9.78 Å². The number of carboxylic acids is 1. The van der Waals surface area contributed by atoms with Gasteiger partial charge in [0.2, 0.25) is 0 Å². The van der Waals surface area contributed by atoms with Crippen LogP contribution in [-0.2, 0) is 0 Å². The molecule has 0 saturated carbocycles. The maximum atomic E-state index is 10.6. The lowest BCUT2D eigenvalue weighted by atomic mass is 10.1. The van der Waals surface area contributed by atoms with E-state index >= 15 is 0 Å². The fourth-order valence-electron chi connectivity index (χ4n) is 1.08. The topological polar surface area (TPSA) is 90.7 Å². The highest BCUT2D eigenvalue weighted by Crippen LogP contribution is 2.22. The third-order valence-electron chi connectivity index (χ3n) is 1.93. The van der Waals surface area contributed by atoms with Crippen molar-refractivity contribution < 1.29 is 20.1 Å². The first-order valence-corrected chi connectivity index (χ1v) is 5.19. The number of rotatable bonds is 4. The van der Waals surface area contributed by atoms with Crippen LogP contribution in [0.25, 0.3) is 0 Å². The van der Waals surface area contributed by atoms with Crippen molar-refractivity contribution in [3.8, 4) is 0 Å². The van der Waals surface area contributed by atoms with Crippen LogP contribution in [0.2, 0.25) is 5.02 Å². The van der Waals surface area contributed by atoms with E-state index in [1.807, 2.05) is 0 Å². The van der Waals surface area contributed by atoms with Crippen molar-refractivity contribution in [3.63, 3.8) is 0 Å². The number of aromatic nitrogens is 1. The van der Waals surface area contributed by atoms with Crippen molar-refractivity contribution in [2.45, 2.75) is 12.2 Å². The molecule has 1 heterocycles. The summed E-state index contributed by atoms with van der Waals surface area (Å²) < 4.78 is 0. The van der Waals surface area contributed by atoms with E-state index in [-0.39, 0.29) is 22.2 Å². The highest BCUT2D eigenvalue weighted by molar-refractivity contribution is 6.33. The smallest absolute Gasteiger partial charge is 0.356 e. The van der Waals surface area contributed by atoms with E-state index in [0.29, 0.717) is 0 Å². The van der Waals surface area contributed by atoms with Gasteiger partial charge < -0.3 is 15.3 Å². The number of nitrogens with zero attached hydrogens (tertiary/aromatic N) is 1. The first-order valence-electron chi connectivity index (χ1n) is 4.28. The van der Waals surface area contributed by atoms with Gasteiger partial charge in [-0.05, 0) is 6.07 Å². The molecule has 2 atom stereocenters. The number of alkyl halides is 1. The van der Waals surface area contributed by atoms with Crippen molar-refractivity contribution in [2.24, 2.45) is 0 Å². The number of aromatic carboxylic acids is 1. The van der Waals surface area contributed by atoms with Gasteiger partial charge in [0, 0.05) is 11.8 Å². The quantitative estimate of drug-likeness (QED) is 0.709. The van der Waals surface area contributed by atoms with Gasteiger partial charge in [-0.15, -0.1) is 11.6 Å². The van der Waals surface area contributed by atoms with Crippen LogP contribution in [0.4, 0.5) is 0 Å². The number of hydrogen-bond acceptors (Lipinski definition) is 4. The van der Waals surface area contributed by atoms with Gasteiger partial charge in [0.05, 0.1) is 17.0 Å². The summed E-state index contributed by atoms with van der Waals surface area (Å²) in [6.07, 6.45) is -1.27. The molecule has 0 fully saturated rings. The second kappa shape index (κ2) is 5.45. The number of carbonyl (C=O) groups is 1. The summed E-state index contributed by atoms with van der Waals surface area (Å²) >= 11 is 11.0. The number of aliphatic hydroxyl groups is 2. The lowest BCUT2D eigenvalue weighted by Gasteiger charge is -2.15. The average molecular weight is 266 g/mol. The minimum Gasteiger partial charge on any atom is -0.476 e. The Morgan fingerprint density at radius 2 is 2.12 bits per heavy atom. The zero-order valence-corrected chi connectivity index (χ0v) is 9.48. The molecule has 0 aliphatic rings. The number of carboxylic acid groups (broad SMARTS) is 1. The fourth-order valence-corrected chi connectivity index (χ4v) is 1.50. The molecule has 0 aliphatic heterocycles. The van der Waals surface area contributed by atoms with Crippen molar-refractivity contribution in [3.05, 3.63) is 28.5 Å². The molecule has 1 rings (SSSR count). The molecule has 1 aromatic heterocycles. The number of hydrogen-bond donors (Lipinski definition) is 3. The predicted octanol–water partition coefficient (Wildman–Crippen LogP) is 1.07. The van der Waals surface area contributed by atoms with E-state index in [1.54, 1.807) is 0 Å². The summed E-state index contributed by atoms with van der Waals surface area (Å²) in [5, 5.41) is 27.4.